The second-order valence-corrected chi connectivity index (χ2v) is 7.42. The standard InChI is InChI=1S/C22H29N5O2/c28-22(24-8-9-25-14-16-29-17-15-25)19-6-7-23-21(18-19)27-12-10-26(11-13-27)20-4-2-1-3-5-20/h1-7,18H,8-17H2,(H,24,28). The number of aromatic nitrogens is 1. The van der Waals surface area contributed by atoms with E-state index in [1.54, 1.807) is 12.3 Å². The van der Waals surface area contributed by atoms with Crippen molar-refractivity contribution >= 4 is 17.4 Å². The summed E-state index contributed by atoms with van der Waals surface area (Å²) in [6.07, 6.45) is 1.73. The molecule has 2 fully saturated rings. The Morgan fingerprint density at radius 1 is 0.966 bits per heavy atom. The van der Waals surface area contributed by atoms with Crippen LogP contribution in [0.25, 0.3) is 0 Å². The Morgan fingerprint density at radius 3 is 2.45 bits per heavy atom. The van der Waals surface area contributed by atoms with Crippen molar-refractivity contribution in [1.29, 1.82) is 0 Å². The van der Waals surface area contributed by atoms with Gasteiger partial charge < -0.3 is 19.9 Å². The lowest BCUT2D eigenvalue weighted by atomic mass is 10.2. The number of pyridine rings is 1. The molecule has 0 atom stereocenters. The number of benzene rings is 1. The number of hydrogen-bond donors (Lipinski definition) is 1. The molecule has 0 unspecified atom stereocenters. The number of anilines is 2. The highest BCUT2D eigenvalue weighted by Crippen LogP contribution is 2.19. The number of para-hydroxylation sites is 1. The maximum atomic E-state index is 12.5. The van der Waals surface area contributed by atoms with Crippen LogP contribution in [0, 0.1) is 0 Å². The minimum atomic E-state index is -0.0372. The third-order valence-corrected chi connectivity index (χ3v) is 5.55. The fraction of sp³-hybridized carbons (Fsp3) is 0.455. The lowest BCUT2D eigenvalue weighted by Gasteiger charge is -2.36. The van der Waals surface area contributed by atoms with Crippen molar-refractivity contribution in [2.75, 3.05) is 75.4 Å². The van der Waals surface area contributed by atoms with Crippen LogP contribution in [0.15, 0.2) is 48.7 Å². The number of morpholine rings is 1. The Morgan fingerprint density at radius 2 is 1.69 bits per heavy atom. The molecule has 7 heteroatoms. The molecule has 0 spiro atoms. The second-order valence-electron chi connectivity index (χ2n) is 7.42. The molecule has 2 aliphatic heterocycles. The molecule has 2 aliphatic rings. The van der Waals surface area contributed by atoms with Gasteiger partial charge >= 0.3 is 0 Å². The molecule has 3 heterocycles. The highest BCUT2D eigenvalue weighted by Gasteiger charge is 2.19. The van der Waals surface area contributed by atoms with Crippen LogP contribution in [0.4, 0.5) is 11.5 Å². The van der Waals surface area contributed by atoms with Crippen LogP contribution in [0.5, 0.6) is 0 Å². The Hall–Kier alpha value is -2.64. The molecule has 0 aliphatic carbocycles. The molecule has 1 amide bonds. The van der Waals surface area contributed by atoms with Crippen LogP contribution < -0.4 is 15.1 Å². The molecule has 1 N–H and O–H groups in total. The van der Waals surface area contributed by atoms with Crippen LogP contribution >= 0.6 is 0 Å². The third-order valence-electron chi connectivity index (χ3n) is 5.55. The number of nitrogens with zero attached hydrogens (tertiary/aromatic N) is 4. The zero-order chi connectivity index (χ0) is 19.9. The van der Waals surface area contributed by atoms with Crippen LogP contribution in [0.3, 0.4) is 0 Å². The summed E-state index contributed by atoms with van der Waals surface area (Å²) in [5.41, 5.74) is 1.93. The summed E-state index contributed by atoms with van der Waals surface area (Å²) in [5, 5.41) is 3.03. The van der Waals surface area contributed by atoms with Crippen LogP contribution in [0.1, 0.15) is 10.4 Å². The van der Waals surface area contributed by atoms with E-state index in [2.05, 4.69) is 49.3 Å². The van der Waals surface area contributed by atoms with Gasteiger partial charge in [-0.1, -0.05) is 18.2 Å². The van der Waals surface area contributed by atoms with E-state index in [0.29, 0.717) is 12.1 Å². The van der Waals surface area contributed by atoms with Crippen molar-refractivity contribution in [3.8, 4) is 0 Å². The molecule has 4 rings (SSSR count). The SMILES string of the molecule is O=C(NCCN1CCOCC1)c1ccnc(N2CCN(c3ccccc3)CC2)c1. The monoisotopic (exact) mass is 395 g/mol. The van der Waals surface area contributed by atoms with Crippen molar-refractivity contribution < 1.29 is 9.53 Å². The van der Waals surface area contributed by atoms with E-state index in [-0.39, 0.29) is 5.91 Å². The summed E-state index contributed by atoms with van der Waals surface area (Å²) in [5.74, 6) is 0.836. The van der Waals surface area contributed by atoms with E-state index in [0.717, 1.165) is 64.8 Å². The number of carbonyl (C=O) groups is 1. The van der Waals surface area contributed by atoms with Crippen LogP contribution in [0.2, 0.25) is 0 Å². The van der Waals surface area contributed by atoms with Crippen LogP contribution in [-0.2, 0) is 4.74 Å². The van der Waals surface area contributed by atoms with E-state index < -0.39 is 0 Å². The molecule has 154 valence electrons. The van der Waals surface area contributed by atoms with Gasteiger partial charge in [0, 0.05) is 69.8 Å². The van der Waals surface area contributed by atoms with Crippen LogP contribution in [-0.4, -0.2) is 81.4 Å². The minimum absolute atomic E-state index is 0.0372. The quantitative estimate of drug-likeness (QED) is 0.799. The first-order valence-corrected chi connectivity index (χ1v) is 10.4. The topological polar surface area (TPSA) is 60.9 Å². The van der Waals surface area contributed by atoms with Gasteiger partial charge in [0.1, 0.15) is 5.82 Å². The summed E-state index contributed by atoms with van der Waals surface area (Å²) in [6.45, 7) is 8.60. The molecule has 0 saturated carbocycles. The summed E-state index contributed by atoms with van der Waals surface area (Å²) < 4.78 is 5.36. The van der Waals surface area contributed by atoms with Gasteiger partial charge in [-0.2, -0.15) is 0 Å². The molecule has 1 aromatic heterocycles. The van der Waals surface area contributed by atoms with Crippen molar-refractivity contribution in [2.24, 2.45) is 0 Å². The maximum absolute atomic E-state index is 12.5. The van der Waals surface area contributed by atoms with E-state index in [9.17, 15) is 4.79 Å². The summed E-state index contributed by atoms with van der Waals surface area (Å²) >= 11 is 0. The predicted molar refractivity (Wildman–Crippen MR) is 115 cm³/mol. The first kappa shape index (κ1) is 19.7. The lowest BCUT2D eigenvalue weighted by molar-refractivity contribution is 0.0383. The number of piperazine rings is 1. The molecule has 0 bridgehead atoms. The van der Waals surface area contributed by atoms with Gasteiger partial charge in [-0.15, -0.1) is 0 Å². The lowest BCUT2D eigenvalue weighted by Crippen LogP contribution is -2.46. The summed E-state index contributed by atoms with van der Waals surface area (Å²) in [4.78, 5) is 24.0. The van der Waals surface area contributed by atoms with E-state index in [4.69, 9.17) is 4.74 Å². The number of nitrogens with one attached hydrogen (secondary N) is 1. The van der Waals surface area contributed by atoms with Crippen molar-refractivity contribution in [2.45, 2.75) is 0 Å². The summed E-state index contributed by atoms with van der Waals surface area (Å²) in [6, 6.07) is 14.2. The van der Waals surface area contributed by atoms with Gasteiger partial charge in [0.2, 0.25) is 0 Å². The molecule has 29 heavy (non-hydrogen) atoms. The number of carbonyl (C=O) groups excluding carboxylic acids is 1. The predicted octanol–water partition coefficient (Wildman–Crippen LogP) is 1.47. The number of ether oxygens (including phenoxy) is 1. The van der Waals surface area contributed by atoms with Gasteiger partial charge in [0.15, 0.2) is 0 Å². The smallest absolute Gasteiger partial charge is 0.251 e. The molecule has 2 aromatic rings. The molecule has 7 nitrogen and oxygen atoms in total. The van der Waals surface area contributed by atoms with Crippen molar-refractivity contribution in [3.63, 3.8) is 0 Å². The highest BCUT2D eigenvalue weighted by atomic mass is 16.5. The first-order chi connectivity index (χ1) is 14.3. The Kier molecular flexibility index (Phi) is 6.59. The van der Waals surface area contributed by atoms with Gasteiger partial charge in [-0.05, 0) is 24.3 Å². The van der Waals surface area contributed by atoms with Gasteiger partial charge in [-0.25, -0.2) is 4.98 Å². The third kappa shape index (κ3) is 5.25. The minimum Gasteiger partial charge on any atom is -0.379 e. The Bertz CT molecular complexity index is 787. The average molecular weight is 396 g/mol. The Labute approximate surface area is 172 Å². The Balaban J connectivity index is 1.28. The van der Waals surface area contributed by atoms with E-state index in [1.165, 1.54) is 5.69 Å². The fourth-order valence-electron chi connectivity index (χ4n) is 3.82. The van der Waals surface area contributed by atoms with Crippen molar-refractivity contribution in [1.82, 2.24) is 15.2 Å². The molecule has 2 saturated heterocycles. The number of rotatable bonds is 6. The van der Waals surface area contributed by atoms with E-state index >= 15 is 0 Å². The van der Waals surface area contributed by atoms with Gasteiger partial charge in [0.05, 0.1) is 13.2 Å². The van der Waals surface area contributed by atoms with E-state index in [1.807, 2.05) is 12.1 Å². The maximum Gasteiger partial charge on any atom is 0.251 e. The van der Waals surface area contributed by atoms with Crippen molar-refractivity contribution in [3.05, 3.63) is 54.2 Å². The van der Waals surface area contributed by atoms with Gasteiger partial charge in [0.25, 0.3) is 5.91 Å². The molecule has 0 radical (unpaired) electrons. The molecular weight excluding hydrogens is 366 g/mol. The average Bonchev–Trinajstić information content (AvgIpc) is 2.80. The van der Waals surface area contributed by atoms with Gasteiger partial charge in [-0.3, -0.25) is 9.69 Å². The number of hydrogen-bond acceptors (Lipinski definition) is 6. The largest absolute Gasteiger partial charge is 0.379 e. The second kappa shape index (κ2) is 9.71. The zero-order valence-electron chi connectivity index (χ0n) is 16.8. The zero-order valence-corrected chi connectivity index (χ0v) is 16.8. The highest BCUT2D eigenvalue weighted by molar-refractivity contribution is 5.94. The fourth-order valence-corrected chi connectivity index (χ4v) is 3.82. The summed E-state index contributed by atoms with van der Waals surface area (Å²) in [7, 11) is 0. The first-order valence-electron chi connectivity index (χ1n) is 10.4. The molecular formula is C22H29N5O2. The number of amides is 1. The normalized spacial score (nSPS) is 17.9. The molecule has 1 aromatic carbocycles.